The van der Waals surface area contributed by atoms with Crippen molar-refractivity contribution in [2.75, 3.05) is 5.32 Å². The summed E-state index contributed by atoms with van der Waals surface area (Å²) in [7, 11) is 0. The lowest BCUT2D eigenvalue weighted by Crippen LogP contribution is -2.04. The van der Waals surface area contributed by atoms with Gasteiger partial charge in [-0.25, -0.2) is 4.98 Å². The zero-order valence-electron chi connectivity index (χ0n) is 12.6. The van der Waals surface area contributed by atoms with Gasteiger partial charge in [0.15, 0.2) is 0 Å². The van der Waals surface area contributed by atoms with Crippen LogP contribution in [0.1, 0.15) is 16.7 Å². The summed E-state index contributed by atoms with van der Waals surface area (Å²) >= 11 is 0. The second-order valence-corrected chi connectivity index (χ2v) is 5.36. The molecule has 0 saturated carbocycles. The molecule has 21 heavy (non-hydrogen) atoms. The van der Waals surface area contributed by atoms with Gasteiger partial charge < -0.3 is 5.32 Å². The number of aromatic nitrogens is 2. The van der Waals surface area contributed by atoms with Crippen LogP contribution in [0.5, 0.6) is 0 Å². The molecule has 0 spiro atoms. The van der Waals surface area contributed by atoms with E-state index in [2.05, 4.69) is 59.9 Å². The minimum absolute atomic E-state index is 0.830. The Bertz CT molecular complexity index is 734. The molecule has 0 radical (unpaired) electrons. The van der Waals surface area contributed by atoms with E-state index in [4.69, 9.17) is 0 Å². The minimum atomic E-state index is 0.830. The second kappa shape index (κ2) is 5.44. The molecule has 1 N–H and O–H groups in total. The molecule has 0 unspecified atom stereocenters. The Morgan fingerprint density at radius 2 is 1.62 bits per heavy atom. The van der Waals surface area contributed by atoms with Crippen LogP contribution in [0.25, 0.3) is 5.69 Å². The number of anilines is 2. The molecule has 3 rings (SSSR count). The van der Waals surface area contributed by atoms with Crippen LogP contribution in [-0.2, 0) is 0 Å². The van der Waals surface area contributed by atoms with Crippen LogP contribution in [0.2, 0.25) is 0 Å². The average Bonchev–Trinajstić information content (AvgIpc) is 2.92. The van der Waals surface area contributed by atoms with Gasteiger partial charge in [0.2, 0.25) is 5.95 Å². The fraction of sp³-hybridized carbons (Fsp3) is 0.167. The molecule has 3 heteroatoms. The maximum atomic E-state index is 4.44. The van der Waals surface area contributed by atoms with E-state index in [1.165, 1.54) is 16.7 Å². The second-order valence-electron chi connectivity index (χ2n) is 5.36. The van der Waals surface area contributed by atoms with Crippen LogP contribution >= 0.6 is 0 Å². The number of imidazole rings is 1. The molecule has 0 atom stereocenters. The molecule has 1 aromatic heterocycles. The summed E-state index contributed by atoms with van der Waals surface area (Å²) in [4.78, 5) is 4.44. The zero-order valence-corrected chi connectivity index (χ0v) is 12.6. The van der Waals surface area contributed by atoms with E-state index in [0.29, 0.717) is 0 Å². The standard InChI is InChI=1S/C18H19N3/c1-13-11-14(2)17(15(3)12-13)20-18-19-9-10-21(18)16-7-5-4-6-8-16/h4-12H,1-3H3,(H,19,20). The molecular formula is C18H19N3. The molecule has 0 saturated heterocycles. The molecule has 0 aliphatic rings. The Morgan fingerprint density at radius 3 is 2.29 bits per heavy atom. The van der Waals surface area contributed by atoms with E-state index in [1.807, 2.05) is 30.6 Å². The van der Waals surface area contributed by atoms with Gasteiger partial charge in [-0.2, -0.15) is 0 Å². The topological polar surface area (TPSA) is 29.9 Å². The van der Waals surface area contributed by atoms with E-state index in [9.17, 15) is 0 Å². The first-order valence-corrected chi connectivity index (χ1v) is 7.09. The number of aryl methyl sites for hydroxylation is 3. The van der Waals surface area contributed by atoms with Gasteiger partial charge in [0, 0.05) is 23.8 Å². The van der Waals surface area contributed by atoms with E-state index >= 15 is 0 Å². The molecule has 2 aromatic carbocycles. The number of nitrogens with zero attached hydrogens (tertiary/aromatic N) is 2. The van der Waals surface area contributed by atoms with E-state index in [-0.39, 0.29) is 0 Å². The highest BCUT2D eigenvalue weighted by Crippen LogP contribution is 2.26. The number of hydrogen-bond acceptors (Lipinski definition) is 2. The lowest BCUT2D eigenvalue weighted by atomic mass is 10.1. The Labute approximate surface area is 125 Å². The first-order valence-electron chi connectivity index (χ1n) is 7.09. The summed E-state index contributed by atoms with van der Waals surface area (Å²) in [5.74, 6) is 0.830. The van der Waals surface area contributed by atoms with Gasteiger partial charge >= 0.3 is 0 Å². The van der Waals surface area contributed by atoms with Crippen molar-refractivity contribution in [3.8, 4) is 5.69 Å². The minimum Gasteiger partial charge on any atom is -0.325 e. The molecule has 0 bridgehead atoms. The average molecular weight is 277 g/mol. The molecular weight excluding hydrogens is 258 g/mol. The molecule has 0 aliphatic carbocycles. The van der Waals surface area contributed by atoms with Crippen LogP contribution in [0.3, 0.4) is 0 Å². The third-order valence-corrected chi connectivity index (χ3v) is 3.59. The monoisotopic (exact) mass is 277 g/mol. The lowest BCUT2D eigenvalue weighted by Gasteiger charge is -2.15. The summed E-state index contributed by atoms with van der Waals surface area (Å²) < 4.78 is 2.05. The van der Waals surface area contributed by atoms with Gasteiger partial charge in [-0.05, 0) is 44.0 Å². The number of hydrogen-bond donors (Lipinski definition) is 1. The van der Waals surface area contributed by atoms with Gasteiger partial charge in [-0.3, -0.25) is 4.57 Å². The zero-order chi connectivity index (χ0) is 14.8. The SMILES string of the molecule is Cc1cc(C)c(Nc2nccn2-c2ccccc2)c(C)c1. The third-order valence-electron chi connectivity index (χ3n) is 3.59. The van der Waals surface area contributed by atoms with Gasteiger partial charge in [0.1, 0.15) is 0 Å². The Kier molecular flexibility index (Phi) is 3.48. The maximum absolute atomic E-state index is 4.44. The van der Waals surface area contributed by atoms with Crippen molar-refractivity contribution in [3.05, 3.63) is 71.5 Å². The Morgan fingerprint density at radius 1 is 0.952 bits per heavy atom. The van der Waals surface area contributed by atoms with Gasteiger partial charge in [-0.1, -0.05) is 35.9 Å². The highest BCUT2D eigenvalue weighted by molar-refractivity contribution is 5.65. The summed E-state index contributed by atoms with van der Waals surface area (Å²) in [6, 6.07) is 14.6. The smallest absolute Gasteiger partial charge is 0.212 e. The fourth-order valence-electron chi connectivity index (χ4n) is 2.68. The predicted molar refractivity (Wildman–Crippen MR) is 87.5 cm³/mol. The van der Waals surface area contributed by atoms with Crippen LogP contribution in [0.4, 0.5) is 11.6 Å². The molecule has 3 nitrogen and oxygen atoms in total. The predicted octanol–water partition coefficient (Wildman–Crippen LogP) is 4.54. The summed E-state index contributed by atoms with van der Waals surface area (Å²) in [5, 5.41) is 3.47. The van der Waals surface area contributed by atoms with Gasteiger partial charge in [-0.15, -0.1) is 0 Å². The van der Waals surface area contributed by atoms with E-state index < -0.39 is 0 Å². The summed E-state index contributed by atoms with van der Waals surface area (Å²) in [6.45, 7) is 6.37. The van der Waals surface area contributed by atoms with Crippen molar-refractivity contribution in [1.29, 1.82) is 0 Å². The van der Waals surface area contributed by atoms with Crippen LogP contribution in [0.15, 0.2) is 54.9 Å². The number of rotatable bonds is 3. The first kappa shape index (κ1) is 13.4. The first-order chi connectivity index (χ1) is 10.1. The molecule has 1 heterocycles. The van der Waals surface area contributed by atoms with Crippen LogP contribution in [-0.4, -0.2) is 9.55 Å². The number of nitrogens with one attached hydrogen (secondary N) is 1. The van der Waals surface area contributed by atoms with Crippen LogP contribution < -0.4 is 5.32 Å². The van der Waals surface area contributed by atoms with Crippen molar-refractivity contribution >= 4 is 11.6 Å². The third kappa shape index (κ3) is 2.68. The van der Waals surface area contributed by atoms with Crippen molar-refractivity contribution < 1.29 is 0 Å². The largest absolute Gasteiger partial charge is 0.325 e. The molecule has 3 aromatic rings. The number of benzene rings is 2. The van der Waals surface area contributed by atoms with Crippen molar-refractivity contribution in [1.82, 2.24) is 9.55 Å². The Hall–Kier alpha value is -2.55. The lowest BCUT2D eigenvalue weighted by molar-refractivity contribution is 1.06. The quantitative estimate of drug-likeness (QED) is 0.761. The maximum Gasteiger partial charge on any atom is 0.212 e. The summed E-state index contributed by atoms with van der Waals surface area (Å²) in [6.07, 6.45) is 3.78. The highest BCUT2D eigenvalue weighted by Gasteiger charge is 2.09. The van der Waals surface area contributed by atoms with E-state index in [1.54, 1.807) is 0 Å². The Balaban J connectivity index is 1.99. The van der Waals surface area contributed by atoms with E-state index in [0.717, 1.165) is 17.3 Å². The molecule has 0 aliphatic heterocycles. The molecule has 0 fully saturated rings. The van der Waals surface area contributed by atoms with Crippen molar-refractivity contribution in [3.63, 3.8) is 0 Å². The summed E-state index contributed by atoms with van der Waals surface area (Å²) in [5.41, 5.74) is 5.97. The van der Waals surface area contributed by atoms with Crippen molar-refractivity contribution in [2.24, 2.45) is 0 Å². The normalized spacial score (nSPS) is 10.6. The van der Waals surface area contributed by atoms with Gasteiger partial charge in [0.05, 0.1) is 0 Å². The fourth-order valence-corrected chi connectivity index (χ4v) is 2.68. The number of para-hydroxylation sites is 1. The molecule has 0 amide bonds. The highest BCUT2D eigenvalue weighted by atomic mass is 15.2. The molecule has 106 valence electrons. The van der Waals surface area contributed by atoms with Crippen molar-refractivity contribution in [2.45, 2.75) is 20.8 Å². The van der Waals surface area contributed by atoms with Gasteiger partial charge in [0.25, 0.3) is 0 Å². The van der Waals surface area contributed by atoms with Crippen LogP contribution in [0, 0.1) is 20.8 Å².